The van der Waals surface area contributed by atoms with Crippen LogP contribution in [0.25, 0.3) is 0 Å². The molecule has 1 atom stereocenters. The first-order chi connectivity index (χ1) is 8.63. The predicted molar refractivity (Wildman–Crippen MR) is 71.9 cm³/mol. The highest BCUT2D eigenvalue weighted by Gasteiger charge is 2.07. The van der Waals surface area contributed by atoms with Crippen molar-refractivity contribution in [3.63, 3.8) is 0 Å². The van der Waals surface area contributed by atoms with Crippen LogP contribution in [0.5, 0.6) is 11.5 Å². The number of phenolic OH excluding ortho intramolecular Hbond substituents is 2. The van der Waals surface area contributed by atoms with Crippen LogP contribution in [0.1, 0.15) is 38.3 Å². The van der Waals surface area contributed by atoms with Gasteiger partial charge in [-0.2, -0.15) is 0 Å². The molecule has 1 unspecified atom stereocenters. The van der Waals surface area contributed by atoms with Gasteiger partial charge in [-0.05, 0) is 31.0 Å². The SMILES string of the molecule is CCCCOCCNC(C)c1cc(O)cc(O)c1. The Morgan fingerprint density at radius 1 is 1.17 bits per heavy atom. The summed E-state index contributed by atoms with van der Waals surface area (Å²) in [5.74, 6) is 0.163. The predicted octanol–water partition coefficient (Wildman–Crippen LogP) is 2.57. The van der Waals surface area contributed by atoms with Crippen molar-refractivity contribution in [2.24, 2.45) is 0 Å². The first-order valence-electron chi connectivity index (χ1n) is 6.47. The Kier molecular flexibility index (Phi) is 6.54. The van der Waals surface area contributed by atoms with E-state index >= 15 is 0 Å². The molecule has 0 heterocycles. The van der Waals surface area contributed by atoms with Crippen LogP contribution in [0.2, 0.25) is 0 Å². The van der Waals surface area contributed by atoms with E-state index in [1.165, 1.54) is 6.07 Å². The normalized spacial score (nSPS) is 12.6. The van der Waals surface area contributed by atoms with Crippen molar-refractivity contribution in [3.05, 3.63) is 23.8 Å². The maximum Gasteiger partial charge on any atom is 0.119 e. The first kappa shape index (κ1) is 14.8. The van der Waals surface area contributed by atoms with Gasteiger partial charge >= 0.3 is 0 Å². The van der Waals surface area contributed by atoms with E-state index in [4.69, 9.17) is 4.74 Å². The molecule has 0 amide bonds. The minimum Gasteiger partial charge on any atom is -0.508 e. The van der Waals surface area contributed by atoms with Crippen molar-refractivity contribution in [1.29, 1.82) is 0 Å². The maximum absolute atomic E-state index is 9.40. The summed E-state index contributed by atoms with van der Waals surface area (Å²) in [5, 5.41) is 22.1. The Balaban J connectivity index is 2.29. The number of hydrogen-bond donors (Lipinski definition) is 3. The smallest absolute Gasteiger partial charge is 0.119 e. The molecule has 0 spiro atoms. The summed E-state index contributed by atoms with van der Waals surface area (Å²) in [6, 6.07) is 4.69. The van der Waals surface area contributed by atoms with Gasteiger partial charge in [0.05, 0.1) is 6.61 Å². The van der Waals surface area contributed by atoms with Gasteiger partial charge in [0.15, 0.2) is 0 Å². The molecule has 1 rings (SSSR count). The minimum atomic E-state index is 0.0674. The Labute approximate surface area is 109 Å². The average molecular weight is 253 g/mol. The third-order valence-electron chi connectivity index (χ3n) is 2.76. The van der Waals surface area contributed by atoms with Crippen molar-refractivity contribution in [2.45, 2.75) is 32.7 Å². The molecule has 0 aliphatic heterocycles. The first-order valence-corrected chi connectivity index (χ1v) is 6.47. The standard InChI is InChI=1S/C14H23NO3/c1-3-4-6-18-7-5-15-11(2)12-8-13(16)10-14(17)9-12/h8-11,15-17H,3-7H2,1-2H3. The Morgan fingerprint density at radius 3 is 2.44 bits per heavy atom. The van der Waals surface area contributed by atoms with E-state index in [1.54, 1.807) is 12.1 Å². The van der Waals surface area contributed by atoms with Crippen LogP contribution in [0.4, 0.5) is 0 Å². The number of unbranched alkanes of at least 4 members (excludes halogenated alkanes) is 1. The van der Waals surface area contributed by atoms with Crippen molar-refractivity contribution >= 4 is 0 Å². The molecule has 4 heteroatoms. The zero-order valence-electron chi connectivity index (χ0n) is 11.1. The van der Waals surface area contributed by atoms with Crippen LogP contribution in [-0.4, -0.2) is 30.0 Å². The van der Waals surface area contributed by atoms with Gasteiger partial charge in [-0.3, -0.25) is 0 Å². The molecule has 0 radical (unpaired) electrons. The highest BCUT2D eigenvalue weighted by atomic mass is 16.5. The molecule has 3 N–H and O–H groups in total. The van der Waals surface area contributed by atoms with E-state index < -0.39 is 0 Å². The van der Waals surface area contributed by atoms with Gasteiger partial charge < -0.3 is 20.3 Å². The largest absolute Gasteiger partial charge is 0.508 e. The molecule has 0 aliphatic rings. The molecule has 1 aromatic rings. The lowest BCUT2D eigenvalue weighted by atomic mass is 10.1. The zero-order valence-corrected chi connectivity index (χ0v) is 11.1. The molecule has 0 saturated heterocycles. The molecule has 0 fully saturated rings. The Morgan fingerprint density at radius 2 is 1.83 bits per heavy atom. The molecule has 0 aromatic heterocycles. The second-order valence-electron chi connectivity index (χ2n) is 4.42. The number of phenols is 2. The molecular formula is C14H23NO3. The van der Waals surface area contributed by atoms with Crippen LogP contribution in [0.3, 0.4) is 0 Å². The summed E-state index contributed by atoms with van der Waals surface area (Å²) < 4.78 is 5.45. The van der Waals surface area contributed by atoms with Crippen LogP contribution in [0.15, 0.2) is 18.2 Å². The summed E-state index contributed by atoms with van der Waals surface area (Å²) in [7, 11) is 0. The van der Waals surface area contributed by atoms with E-state index in [0.717, 1.165) is 31.6 Å². The summed E-state index contributed by atoms with van der Waals surface area (Å²) >= 11 is 0. The second-order valence-corrected chi connectivity index (χ2v) is 4.42. The van der Waals surface area contributed by atoms with Gasteiger partial charge in [-0.25, -0.2) is 0 Å². The maximum atomic E-state index is 9.40. The summed E-state index contributed by atoms with van der Waals surface area (Å²) in [5.41, 5.74) is 0.862. The lowest BCUT2D eigenvalue weighted by Gasteiger charge is -2.15. The van der Waals surface area contributed by atoms with Crippen molar-refractivity contribution in [3.8, 4) is 11.5 Å². The van der Waals surface area contributed by atoms with Gasteiger partial charge in [0, 0.05) is 25.3 Å². The fourth-order valence-electron chi connectivity index (χ4n) is 1.68. The lowest BCUT2D eigenvalue weighted by Crippen LogP contribution is -2.23. The molecule has 4 nitrogen and oxygen atoms in total. The van der Waals surface area contributed by atoms with Crippen LogP contribution in [0, 0.1) is 0 Å². The minimum absolute atomic E-state index is 0.0674. The number of benzene rings is 1. The highest BCUT2D eigenvalue weighted by Crippen LogP contribution is 2.24. The molecule has 0 bridgehead atoms. The van der Waals surface area contributed by atoms with E-state index in [9.17, 15) is 10.2 Å². The average Bonchev–Trinajstić information content (AvgIpc) is 2.32. The summed E-state index contributed by atoms with van der Waals surface area (Å²) in [6.45, 7) is 6.36. The number of aromatic hydroxyl groups is 2. The molecule has 102 valence electrons. The van der Waals surface area contributed by atoms with E-state index in [2.05, 4.69) is 12.2 Å². The fraction of sp³-hybridized carbons (Fsp3) is 0.571. The molecule has 0 saturated carbocycles. The number of nitrogens with one attached hydrogen (secondary N) is 1. The quantitative estimate of drug-likeness (QED) is 0.623. The summed E-state index contributed by atoms with van der Waals surface area (Å²) in [6.07, 6.45) is 2.24. The van der Waals surface area contributed by atoms with Crippen molar-refractivity contribution < 1.29 is 14.9 Å². The van der Waals surface area contributed by atoms with Gasteiger partial charge in [-0.1, -0.05) is 13.3 Å². The van der Waals surface area contributed by atoms with E-state index in [0.29, 0.717) is 6.61 Å². The van der Waals surface area contributed by atoms with Gasteiger partial charge in [0.1, 0.15) is 11.5 Å². The van der Waals surface area contributed by atoms with Crippen LogP contribution >= 0.6 is 0 Å². The zero-order chi connectivity index (χ0) is 13.4. The molecular weight excluding hydrogens is 230 g/mol. The van der Waals surface area contributed by atoms with Crippen molar-refractivity contribution in [2.75, 3.05) is 19.8 Å². The lowest BCUT2D eigenvalue weighted by molar-refractivity contribution is 0.131. The second kappa shape index (κ2) is 7.95. The number of ether oxygens (including phenoxy) is 1. The third kappa shape index (κ3) is 5.38. The van der Waals surface area contributed by atoms with Crippen LogP contribution in [-0.2, 0) is 4.74 Å². The van der Waals surface area contributed by atoms with E-state index in [1.807, 2.05) is 6.92 Å². The Bertz CT molecular complexity index is 335. The number of hydrogen-bond acceptors (Lipinski definition) is 4. The van der Waals surface area contributed by atoms with Gasteiger partial charge in [0.2, 0.25) is 0 Å². The Hall–Kier alpha value is -1.26. The molecule has 0 aliphatic carbocycles. The van der Waals surface area contributed by atoms with Crippen molar-refractivity contribution in [1.82, 2.24) is 5.32 Å². The van der Waals surface area contributed by atoms with Crippen LogP contribution < -0.4 is 5.32 Å². The molecule has 1 aromatic carbocycles. The third-order valence-corrected chi connectivity index (χ3v) is 2.76. The summed E-state index contributed by atoms with van der Waals surface area (Å²) in [4.78, 5) is 0. The van der Waals surface area contributed by atoms with Gasteiger partial charge in [0.25, 0.3) is 0 Å². The number of rotatable bonds is 8. The van der Waals surface area contributed by atoms with E-state index in [-0.39, 0.29) is 17.5 Å². The fourth-order valence-corrected chi connectivity index (χ4v) is 1.68. The van der Waals surface area contributed by atoms with Gasteiger partial charge in [-0.15, -0.1) is 0 Å². The molecule has 18 heavy (non-hydrogen) atoms. The topological polar surface area (TPSA) is 61.7 Å². The highest BCUT2D eigenvalue weighted by molar-refractivity contribution is 5.37. The monoisotopic (exact) mass is 253 g/mol.